The molecule has 1 aromatic rings. The lowest BCUT2D eigenvalue weighted by Gasteiger charge is -2.22. The predicted molar refractivity (Wildman–Crippen MR) is 80.0 cm³/mol. The molecule has 0 heterocycles. The van der Waals surface area contributed by atoms with Gasteiger partial charge in [0.25, 0.3) is 0 Å². The summed E-state index contributed by atoms with van der Waals surface area (Å²) in [4.78, 5) is 25.0. The third-order valence-electron chi connectivity index (χ3n) is 2.79. The Bertz CT molecular complexity index is 437. The van der Waals surface area contributed by atoms with E-state index in [-0.39, 0.29) is 31.6 Å². The van der Waals surface area contributed by atoms with Gasteiger partial charge in [-0.2, -0.15) is 0 Å². The number of aliphatic hydroxyl groups is 1. The van der Waals surface area contributed by atoms with Crippen LogP contribution in [0, 0.1) is 0 Å². The van der Waals surface area contributed by atoms with Crippen LogP contribution in [0.2, 0.25) is 0 Å². The predicted octanol–water partition coefficient (Wildman–Crippen LogP) is 1.86. The first-order valence-electron chi connectivity index (χ1n) is 7.04. The maximum Gasteiger partial charge on any atom is 0.321 e. The molecule has 1 rings (SSSR count). The average Bonchev–Trinajstić information content (AvgIpc) is 2.48. The van der Waals surface area contributed by atoms with Gasteiger partial charge in [0, 0.05) is 25.4 Å². The van der Waals surface area contributed by atoms with Gasteiger partial charge in [0.15, 0.2) is 0 Å². The monoisotopic (exact) mass is 294 g/mol. The number of amides is 2. The molecule has 0 bridgehead atoms. The Morgan fingerprint density at radius 3 is 2.57 bits per heavy atom. The molecule has 2 amide bonds. The van der Waals surface area contributed by atoms with Crippen molar-refractivity contribution in [1.29, 1.82) is 0 Å². The zero-order valence-corrected chi connectivity index (χ0v) is 12.2. The number of carbonyl (C=O) groups is 2. The smallest absolute Gasteiger partial charge is 0.321 e. The molecule has 0 radical (unpaired) electrons. The van der Waals surface area contributed by atoms with E-state index in [0.29, 0.717) is 25.3 Å². The molecule has 0 saturated carbocycles. The molecule has 6 nitrogen and oxygen atoms in total. The summed E-state index contributed by atoms with van der Waals surface area (Å²) >= 11 is 0. The Morgan fingerprint density at radius 2 is 1.95 bits per heavy atom. The number of benzene rings is 1. The number of urea groups is 1. The Labute approximate surface area is 124 Å². The second kappa shape index (κ2) is 9.77. The SMILES string of the molecule is CCOC(=O)CCN(CCCO)C(=O)Nc1ccccc1. The zero-order valence-electron chi connectivity index (χ0n) is 12.2. The van der Waals surface area contributed by atoms with Crippen LogP contribution in [0.3, 0.4) is 0 Å². The van der Waals surface area contributed by atoms with E-state index < -0.39 is 0 Å². The van der Waals surface area contributed by atoms with E-state index in [0.717, 1.165) is 0 Å². The van der Waals surface area contributed by atoms with Crippen LogP contribution in [0.15, 0.2) is 30.3 Å². The minimum atomic E-state index is -0.334. The van der Waals surface area contributed by atoms with Crippen molar-refractivity contribution in [2.24, 2.45) is 0 Å². The van der Waals surface area contributed by atoms with Gasteiger partial charge in [-0.15, -0.1) is 0 Å². The van der Waals surface area contributed by atoms with Crippen LogP contribution >= 0.6 is 0 Å². The summed E-state index contributed by atoms with van der Waals surface area (Å²) in [6.45, 7) is 2.70. The van der Waals surface area contributed by atoms with Crippen LogP contribution in [-0.4, -0.2) is 48.3 Å². The fourth-order valence-electron chi connectivity index (χ4n) is 1.76. The van der Waals surface area contributed by atoms with E-state index >= 15 is 0 Å². The molecule has 0 aliphatic rings. The summed E-state index contributed by atoms with van der Waals surface area (Å²) in [6, 6.07) is 8.79. The number of esters is 1. The number of rotatable bonds is 8. The number of anilines is 1. The molecule has 21 heavy (non-hydrogen) atoms. The quantitative estimate of drug-likeness (QED) is 0.717. The van der Waals surface area contributed by atoms with E-state index in [1.165, 1.54) is 4.90 Å². The largest absolute Gasteiger partial charge is 0.466 e. The lowest BCUT2D eigenvalue weighted by atomic mass is 10.3. The summed E-state index contributed by atoms with van der Waals surface area (Å²) in [6.07, 6.45) is 0.604. The molecule has 0 saturated heterocycles. The van der Waals surface area contributed by atoms with Crippen LogP contribution in [0.25, 0.3) is 0 Å². The number of carbonyl (C=O) groups excluding carboxylic acids is 2. The van der Waals surface area contributed by atoms with Gasteiger partial charge in [0.05, 0.1) is 13.0 Å². The van der Waals surface area contributed by atoms with Gasteiger partial charge in [-0.25, -0.2) is 4.79 Å². The van der Waals surface area contributed by atoms with Gasteiger partial charge < -0.3 is 20.1 Å². The minimum Gasteiger partial charge on any atom is -0.466 e. The lowest BCUT2D eigenvalue weighted by Crippen LogP contribution is -2.37. The Kier molecular flexibility index (Phi) is 7.89. The highest BCUT2D eigenvalue weighted by Gasteiger charge is 2.15. The number of nitrogens with zero attached hydrogens (tertiary/aromatic N) is 1. The third-order valence-corrected chi connectivity index (χ3v) is 2.79. The molecular formula is C15H22N2O4. The summed E-state index contributed by atoms with van der Waals surface area (Å²) in [5.74, 6) is -0.334. The van der Waals surface area contributed by atoms with Gasteiger partial charge in [-0.3, -0.25) is 4.79 Å². The molecule has 0 unspecified atom stereocenters. The Balaban J connectivity index is 2.54. The van der Waals surface area contributed by atoms with Gasteiger partial charge in [-0.1, -0.05) is 18.2 Å². The maximum atomic E-state index is 12.2. The topological polar surface area (TPSA) is 78.9 Å². The summed E-state index contributed by atoms with van der Waals surface area (Å²) < 4.78 is 4.85. The van der Waals surface area contributed by atoms with Gasteiger partial charge in [0.2, 0.25) is 0 Å². The van der Waals surface area contributed by atoms with Crippen molar-refractivity contribution in [3.63, 3.8) is 0 Å². The highest BCUT2D eigenvalue weighted by atomic mass is 16.5. The van der Waals surface area contributed by atoms with E-state index in [2.05, 4.69) is 5.32 Å². The lowest BCUT2D eigenvalue weighted by molar-refractivity contribution is -0.143. The summed E-state index contributed by atoms with van der Waals surface area (Å²) in [5, 5.41) is 11.7. The van der Waals surface area contributed by atoms with Crippen LogP contribution in [-0.2, 0) is 9.53 Å². The van der Waals surface area contributed by atoms with Crippen molar-refractivity contribution in [3.05, 3.63) is 30.3 Å². The summed E-state index contributed by atoms with van der Waals surface area (Å²) in [5.41, 5.74) is 0.688. The molecule has 1 aromatic carbocycles. The van der Waals surface area contributed by atoms with Crippen LogP contribution in [0.4, 0.5) is 10.5 Å². The minimum absolute atomic E-state index is 0.00543. The number of ether oxygens (including phenoxy) is 1. The first-order chi connectivity index (χ1) is 10.2. The fourth-order valence-corrected chi connectivity index (χ4v) is 1.76. The Morgan fingerprint density at radius 1 is 1.24 bits per heavy atom. The highest BCUT2D eigenvalue weighted by molar-refractivity contribution is 5.89. The first kappa shape index (κ1) is 17.0. The molecule has 0 spiro atoms. The molecule has 0 fully saturated rings. The van der Waals surface area contributed by atoms with E-state index in [1.807, 2.05) is 18.2 Å². The second-order valence-electron chi connectivity index (χ2n) is 4.42. The number of aliphatic hydroxyl groups excluding tert-OH is 1. The number of hydrogen-bond acceptors (Lipinski definition) is 4. The molecule has 0 aliphatic heterocycles. The van der Waals surface area contributed by atoms with Crippen LogP contribution in [0.1, 0.15) is 19.8 Å². The van der Waals surface area contributed by atoms with Crippen molar-refractivity contribution in [3.8, 4) is 0 Å². The van der Waals surface area contributed by atoms with Gasteiger partial charge in [-0.05, 0) is 25.5 Å². The zero-order chi connectivity index (χ0) is 15.5. The van der Waals surface area contributed by atoms with Crippen molar-refractivity contribution >= 4 is 17.7 Å². The average molecular weight is 294 g/mol. The molecule has 6 heteroatoms. The summed E-state index contributed by atoms with van der Waals surface area (Å²) in [7, 11) is 0. The molecular weight excluding hydrogens is 272 g/mol. The standard InChI is InChI=1S/C15H22N2O4/c1-2-21-14(19)9-11-17(10-6-12-18)15(20)16-13-7-4-3-5-8-13/h3-5,7-8,18H,2,6,9-12H2,1H3,(H,16,20). The van der Waals surface area contributed by atoms with Crippen molar-refractivity contribution in [2.75, 3.05) is 31.6 Å². The van der Waals surface area contributed by atoms with Crippen molar-refractivity contribution < 1.29 is 19.4 Å². The second-order valence-corrected chi connectivity index (χ2v) is 4.42. The molecule has 0 aromatic heterocycles. The molecule has 0 aliphatic carbocycles. The van der Waals surface area contributed by atoms with Crippen LogP contribution in [0.5, 0.6) is 0 Å². The van der Waals surface area contributed by atoms with E-state index in [1.54, 1.807) is 19.1 Å². The highest BCUT2D eigenvalue weighted by Crippen LogP contribution is 2.07. The first-order valence-corrected chi connectivity index (χ1v) is 7.04. The molecule has 2 N–H and O–H groups in total. The van der Waals surface area contributed by atoms with Gasteiger partial charge >= 0.3 is 12.0 Å². The Hall–Kier alpha value is -2.08. The van der Waals surface area contributed by atoms with Crippen molar-refractivity contribution in [1.82, 2.24) is 4.90 Å². The normalized spacial score (nSPS) is 10.0. The van der Waals surface area contributed by atoms with Gasteiger partial charge in [0.1, 0.15) is 0 Å². The number of para-hydroxylation sites is 1. The maximum absolute atomic E-state index is 12.2. The van der Waals surface area contributed by atoms with E-state index in [4.69, 9.17) is 9.84 Å². The van der Waals surface area contributed by atoms with Crippen molar-refractivity contribution in [2.45, 2.75) is 19.8 Å². The fraction of sp³-hybridized carbons (Fsp3) is 0.467. The van der Waals surface area contributed by atoms with E-state index in [9.17, 15) is 9.59 Å². The number of nitrogens with one attached hydrogen (secondary N) is 1. The molecule has 0 atom stereocenters. The third kappa shape index (κ3) is 6.76. The van der Waals surface area contributed by atoms with Crippen LogP contribution < -0.4 is 5.32 Å². The molecule has 116 valence electrons. The number of hydrogen-bond donors (Lipinski definition) is 2.